The summed E-state index contributed by atoms with van der Waals surface area (Å²) in [5.41, 5.74) is 2.48. The summed E-state index contributed by atoms with van der Waals surface area (Å²) in [5, 5.41) is 14.8. The van der Waals surface area contributed by atoms with Crippen LogP contribution in [0.3, 0.4) is 0 Å². The molecule has 3 aromatic rings. The fourth-order valence-corrected chi connectivity index (χ4v) is 4.29. The minimum absolute atomic E-state index is 0.104. The molecule has 2 N–H and O–H groups in total. The first kappa shape index (κ1) is 26.9. The van der Waals surface area contributed by atoms with Gasteiger partial charge in [-0.05, 0) is 57.5 Å². The number of benzene rings is 2. The summed E-state index contributed by atoms with van der Waals surface area (Å²) in [6.07, 6.45) is 0.737. The average molecular weight is 510 g/mol. The lowest BCUT2D eigenvalue weighted by molar-refractivity contribution is -0.113. The fourth-order valence-electron chi connectivity index (χ4n) is 3.48. The molecule has 0 bridgehead atoms. The lowest BCUT2D eigenvalue weighted by Gasteiger charge is -2.15. The highest BCUT2D eigenvalue weighted by atomic mass is 32.2. The summed E-state index contributed by atoms with van der Waals surface area (Å²) in [6.45, 7) is 8.59. The number of amides is 2. The van der Waals surface area contributed by atoms with Crippen molar-refractivity contribution in [3.8, 4) is 0 Å². The predicted octanol–water partition coefficient (Wildman–Crippen LogP) is 4.40. The van der Waals surface area contributed by atoms with E-state index < -0.39 is 5.97 Å². The average Bonchev–Trinajstić information content (AvgIpc) is 3.29. The van der Waals surface area contributed by atoms with E-state index in [1.165, 1.54) is 11.8 Å². The van der Waals surface area contributed by atoms with Gasteiger partial charge in [0.25, 0.3) is 5.91 Å². The van der Waals surface area contributed by atoms with Crippen molar-refractivity contribution in [2.75, 3.05) is 17.7 Å². The van der Waals surface area contributed by atoms with Crippen LogP contribution >= 0.6 is 11.8 Å². The third-order valence-corrected chi connectivity index (χ3v) is 6.20. The Morgan fingerprint density at radius 3 is 2.53 bits per heavy atom. The first-order valence-corrected chi connectivity index (χ1v) is 12.8. The number of ether oxygens (including phenoxy) is 1. The van der Waals surface area contributed by atoms with Crippen LogP contribution in [-0.2, 0) is 16.1 Å². The Balaban J connectivity index is 1.59. The third-order valence-electron chi connectivity index (χ3n) is 5.23. The smallest absolute Gasteiger partial charge is 0.338 e. The molecule has 1 atom stereocenters. The molecule has 10 heteroatoms. The molecule has 0 unspecified atom stereocenters. The molecule has 0 radical (unpaired) electrons. The van der Waals surface area contributed by atoms with Gasteiger partial charge in [-0.15, -0.1) is 10.2 Å². The van der Waals surface area contributed by atoms with E-state index in [1.54, 1.807) is 30.3 Å². The number of anilines is 1. The minimum atomic E-state index is -0.422. The highest BCUT2D eigenvalue weighted by Gasteiger charge is 2.20. The standard InChI is InChI=1S/C26H31N5O4S/c1-5-13-35-25(34)20-11-8-12-21(15-20)28-22(32)16-36-26-30-29-23(31(26)6-2)18(4)27-24(33)19-10-7-9-17(3)14-19/h7-12,14-15,18H,5-6,13,16H2,1-4H3,(H,27,33)(H,28,32)/t18-/m0/s1. The molecule has 36 heavy (non-hydrogen) atoms. The van der Waals surface area contributed by atoms with E-state index >= 15 is 0 Å². The quantitative estimate of drug-likeness (QED) is 0.291. The van der Waals surface area contributed by atoms with Crippen LogP contribution in [0, 0.1) is 6.92 Å². The zero-order chi connectivity index (χ0) is 26.1. The van der Waals surface area contributed by atoms with Crippen LogP contribution in [0.4, 0.5) is 5.69 Å². The summed E-state index contributed by atoms with van der Waals surface area (Å²) in [4.78, 5) is 37.2. The lowest BCUT2D eigenvalue weighted by atomic mass is 10.1. The molecule has 2 aromatic carbocycles. The van der Waals surface area contributed by atoms with Gasteiger partial charge in [0, 0.05) is 17.8 Å². The van der Waals surface area contributed by atoms with Crippen molar-refractivity contribution in [2.45, 2.75) is 51.9 Å². The van der Waals surface area contributed by atoms with Crippen molar-refractivity contribution in [2.24, 2.45) is 0 Å². The molecule has 0 spiro atoms. The van der Waals surface area contributed by atoms with Gasteiger partial charge in [-0.25, -0.2) is 4.79 Å². The number of thioether (sulfide) groups is 1. The van der Waals surface area contributed by atoms with Gasteiger partial charge in [0.05, 0.1) is 24.0 Å². The zero-order valence-electron chi connectivity index (χ0n) is 20.9. The number of hydrogen-bond donors (Lipinski definition) is 2. The first-order valence-electron chi connectivity index (χ1n) is 11.8. The summed E-state index contributed by atoms with van der Waals surface area (Å²) in [5.74, 6) is -0.139. The van der Waals surface area contributed by atoms with Crippen LogP contribution < -0.4 is 10.6 Å². The Hall–Kier alpha value is -3.66. The maximum absolute atomic E-state index is 12.6. The number of nitrogens with zero attached hydrogens (tertiary/aromatic N) is 3. The molecule has 1 heterocycles. The Kier molecular flexibility index (Phi) is 9.63. The molecule has 0 saturated carbocycles. The van der Waals surface area contributed by atoms with E-state index in [1.807, 2.05) is 50.5 Å². The first-order chi connectivity index (χ1) is 17.3. The van der Waals surface area contributed by atoms with Crippen LogP contribution in [0.1, 0.15) is 65.3 Å². The fraction of sp³-hybridized carbons (Fsp3) is 0.346. The predicted molar refractivity (Wildman–Crippen MR) is 139 cm³/mol. The van der Waals surface area contributed by atoms with Crippen molar-refractivity contribution in [3.05, 3.63) is 71.0 Å². The van der Waals surface area contributed by atoms with Crippen molar-refractivity contribution in [1.29, 1.82) is 0 Å². The molecule has 0 saturated heterocycles. The van der Waals surface area contributed by atoms with Crippen molar-refractivity contribution < 1.29 is 19.1 Å². The monoisotopic (exact) mass is 509 g/mol. The summed E-state index contributed by atoms with van der Waals surface area (Å²) in [6, 6.07) is 13.6. The molecular weight excluding hydrogens is 478 g/mol. The highest BCUT2D eigenvalue weighted by Crippen LogP contribution is 2.21. The van der Waals surface area contributed by atoms with Gasteiger partial charge < -0.3 is 19.9 Å². The largest absolute Gasteiger partial charge is 0.462 e. The van der Waals surface area contributed by atoms with Crippen LogP contribution in [0.2, 0.25) is 0 Å². The second kappa shape index (κ2) is 12.9. The molecule has 3 rings (SSSR count). The Bertz CT molecular complexity index is 1230. The summed E-state index contributed by atoms with van der Waals surface area (Å²) >= 11 is 1.25. The maximum atomic E-state index is 12.6. The van der Waals surface area contributed by atoms with Crippen molar-refractivity contribution in [3.63, 3.8) is 0 Å². The lowest BCUT2D eigenvalue weighted by Crippen LogP contribution is -2.28. The van der Waals surface area contributed by atoms with E-state index in [9.17, 15) is 14.4 Å². The van der Waals surface area contributed by atoms with Crippen LogP contribution in [0.25, 0.3) is 0 Å². The van der Waals surface area contributed by atoms with E-state index in [2.05, 4.69) is 20.8 Å². The minimum Gasteiger partial charge on any atom is -0.462 e. The topological polar surface area (TPSA) is 115 Å². The van der Waals surface area contributed by atoms with Gasteiger partial charge in [0.1, 0.15) is 0 Å². The van der Waals surface area contributed by atoms with Crippen LogP contribution in [-0.4, -0.2) is 44.9 Å². The number of hydrogen-bond acceptors (Lipinski definition) is 7. The molecule has 0 aliphatic rings. The molecule has 9 nitrogen and oxygen atoms in total. The number of aryl methyl sites for hydroxylation is 1. The zero-order valence-corrected chi connectivity index (χ0v) is 21.7. The van der Waals surface area contributed by atoms with Gasteiger partial charge in [0.15, 0.2) is 11.0 Å². The van der Waals surface area contributed by atoms with Crippen molar-refractivity contribution >= 4 is 35.2 Å². The van der Waals surface area contributed by atoms with Crippen molar-refractivity contribution in [1.82, 2.24) is 20.1 Å². The molecule has 1 aromatic heterocycles. The number of carbonyl (C=O) groups is 3. The van der Waals surface area contributed by atoms with Gasteiger partial charge in [-0.1, -0.05) is 42.4 Å². The van der Waals surface area contributed by atoms with Gasteiger partial charge in [0.2, 0.25) is 5.91 Å². The second-order valence-corrected chi connectivity index (χ2v) is 9.15. The molecule has 190 valence electrons. The number of carbonyl (C=O) groups excluding carboxylic acids is 3. The Morgan fingerprint density at radius 2 is 1.81 bits per heavy atom. The van der Waals surface area contributed by atoms with E-state index in [4.69, 9.17) is 4.74 Å². The van der Waals surface area contributed by atoms with Gasteiger partial charge >= 0.3 is 5.97 Å². The number of esters is 1. The van der Waals surface area contributed by atoms with Crippen LogP contribution in [0.5, 0.6) is 0 Å². The maximum Gasteiger partial charge on any atom is 0.338 e. The molecule has 2 amide bonds. The molecule has 0 fully saturated rings. The van der Waals surface area contributed by atoms with Gasteiger partial charge in [-0.2, -0.15) is 0 Å². The van der Waals surface area contributed by atoms with Gasteiger partial charge in [-0.3, -0.25) is 9.59 Å². The summed E-state index contributed by atoms with van der Waals surface area (Å²) < 4.78 is 7.02. The summed E-state index contributed by atoms with van der Waals surface area (Å²) in [7, 11) is 0. The van der Waals surface area contributed by atoms with E-state index in [-0.39, 0.29) is 23.6 Å². The molecule has 0 aliphatic carbocycles. The third kappa shape index (κ3) is 7.17. The Labute approximate surface area is 215 Å². The SMILES string of the molecule is CCCOC(=O)c1cccc(NC(=O)CSc2nnc([C@H](C)NC(=O)c3cccc(C)c3)n2CC)c1. The molecular formula is C26H31N5O4S. The van der Waals surface area contributed by atoms with Crippen LogP contribution in [0.15, 0.2) is 53.7 Å². The highest BCUT2D eigenvalue weighted by molar-refractivity contribution is 7.99. The Morgan fingerprint density at radius 1 is 1.06 bits per heavy atom. The number of aromatic nitrogens is 3. The normalized spacial score (nSPS) is 11.6. The van der Waals surface area contributed by atoms with E-state index in [0.717, 1.165) is 12.0 Å². The second-order valence-electron chi connectivity index (χ2n) is 8.20. The van der Waals surface area contributed by atoms with E-state index in [0.29, 0.717) is 40.9 Å². The number of nitrogens with one attached hydrogen (secondary N) is 2. The number of rotatable bonds is 11. The molecule has 0 aliphatic heterocycles.